The number of rotatable bonds is 16. The van der Waals surface area contributed by atoms with Gasteiger partial charge in [0, 0.05) is 90.2 Å². The van der Waals surface area contributed by atoms with Gasteiger partial charge in [-0.25, -0.2) is 9.97 Å². The van der Waals surface area contributed by atoms with E-state index in [4.69, 9.17) is 21.3 Å². The number of aromatic nitrogens is 2. The minimum atomic E-state index is -0.290. The summed E-state index contributed by atoms with van der Waals surface area (Å²) in [5.41, 5.74) is 4.39. The highest BCUT2D eigenvalue weighted by molar-refractivity contribution is 8.01. The number of benzene rings is 2. The summed E-state index contributed by atoms with van der Waals surface area (Å²) in [4.78, 5) is 86.2. The SMILES string of the molecule is C=CCOCN1CCCN(C(=O)c2cc(Sc3sc(NC(=O)C4CC4)nc3/C=C/C(=O)N3CCCN(C(=O)c4cc(Sc5cnc(NC(=O)C6CC6)s5)c(Cl)cc4C)C[C@H]3C)cc(C)c2C)C[C@H]1C. The molecule has 19 heteroatoms. The molecule has 8 rings (SSSR count). The van der Waals surface area contributed by atoms with Crippen LogP contribution in [0.3, 0.4) is 0 Å². The van der Waals surface area contributed by atoms with Gasteiger partial charge in [-0.15, -0.1) is 6.58 Å². The summed E-state index contributed by atoms with van der Waals surface area (Å²) < 4.78 is 7.35. The van der Waals surface area contributed by atoms with Crippen LogP contribution in [0.5, 0.6) is 0 Å². The third-order valence-electron chi connectivity index (χ3n) is 12.8. The largest absolute Gasteiger partial charge is 0.362 e. The lowest BCUT2D eigenvalue weighted by Gasteiger charge is -2.29. The Hall–Kier alpha value is -4.56. The number of halogens is 1. The Kier molecular flexibility index (Phi) is 16.7. The lowest BCUT2D eigenvalue weighted by Crippen LogP contribution is -2.43. The van der Waals surface area contributed by atoms with Gasteiger partial charge in [-0.2, -0.15) is 0 Å². The molecule has 4 heterocycles. The van der Waals surface area contributed by atoms with Crippen LogP contribution < -0.4 is 10.6 Å². The molecule has 4 aromatic rings. The molecule has 2 aliphatic carbocycles. The zero-order chi connectivity index (χ0) is 48.9. The maximum absolute atomic E-state index is 14.3. The smallest absolute Gasteiger partial charge is 0.254 e. The van der Waals surface area contributed by atoms with Crippen molar-refractivity contribution in [1.29, 1.82) is 0 Å². The molecule has 0 bridgehead atoms. The Bertz CT molecular complexity index is 2650. The fourth-order valence-electron chi connectivity index (χ4n) is 8.40. The number of carbonyl (C=O) groups is 5. The third kappa shape index (κ3) is 12.9. The van der Waals surface area contributed by atoms with Crippen LogP contribution in [0.1, 0.15) is 95.5 Å². The molecule has 2 atom stereocenters. The summed E-state index contributed by atoms with van der Waals surface area (Å²) in [5, 5.41) is 7.38. The van der Waals surface area contributed by atoms with Gasteiger partial charge in [0.1, 0.15) is 0 Å². The number of nitrogens with zero attached hydrogens (tertiary/aromatic N) is 6. The number of hydrogen-bond donors (Lipinski definition) is 2. The molecular weight excluding hydrogens is 972 g/mol. The van der Waals surface area contributed by atoms with E-state index in [0.717, 1.165) is 68.7 Å². The van der Waals surface area contributed by atoms with Crippen LogP contribution in [-0.4, -0.2) is 124 Å². The van der Waals surface area contributed by atoms with Crippen molar-refractivity contribution in [3.8, 4) is 0 Å². The van der Waals surface area contributed by atoms with Crippen molar-refractivity contribution in [1.82, 2.24) is 29.6 Å². The van der Waals surface area contributed by atoms with Crippen LogP contribution in [0.4, 0.5) is 10.3 Å². The first-order valence-corrected chi connectivity index (χ1v) is 27.2. The molecule has 366 valence electrons. The summed E-state index contributed by atoms with van der Waals surface area (Å²) in [7, 11) is 0. The lowest BCUT2D eigenvalue weighted by molar-refractivity contribution is -0.127. The molecule has 69 heavy (non-hydrogen) atoms. The van der Waals surface area contributed by atoms with Crippen molar-refractivity contribution in [2.75, 3.05) is 63.2 Å². The van der Waals surface area contributed by atoms with E-state index >= 15 is 0 Å². The van der Waals surface area contributed by atoms with Gasteiger partial charge in [0.05, 0.1) is 38.7 Å². The van der Waals surface area contributed by atoms with Crippen LogP contribution in [0, 0.1) is 32.6 Å². The molecule has 4 fully saturated rings. The molecule has 2 aromatic carbocycles. The number of nitrogens with one attached hydrogen (secondary N) is 2. The predicted molar refractivity (Wildman–Crippen MR) is 276 cm³/mol. The van der Waals surface area contributed by atoms with E-state index in [9.17, 15) is 24.0 Å². The summed E-state index contributed by atoms with van der Waals surface area (Å²) in [6.07, 6.45) is 11.6. The van der Waals surface area contributed by atoms with E-state index in [-0.39, 0.29) is 53.5 Å². The second kappa shape index (κ2) is 22.7. The minimum Gasteiger partial charge on any atom is -0.362 e. The molecule has 0 unspecified atom stereocenters. The average molecular weight is 1030 g/mol. The van der Waals surface area contributed by atoms with Gasteiger partial charge in [0.15, 0.2) is 10.3 Å². The van der Waals surface area contributed by atoms with E-state index in [2.05, 4.69) is 40.1 Å². The first-order chi connectivity index (χ1) is 33.1. The number of aryl methyl sites for hydroxylation is 2. The van der Waals surface area contributed by atoms with Gasteiger partial charge in [-0.05, 0) is 120 Å². The molecule has 5 amide bonds. The quantitative estimate of drug-likeness (QED) is 0.0626. The molecule has 0 spiro atoms. The fraction of sp³-hybridized carbons (Fsp3) is 0.460. The van der Waals surface area contributed by atoms with Gasteiger partial charge in [0.2, 0.25) is 17.7 Å². The lowest BCUT2D eigenvalue weighted by atomic mass is 10.0. The summed E-state index contributed by atoms with van der Waals surface area (Å²) in [5.74, 6) is -0.367. The molecule has 0 radical (unpaired) electrons. The Labute approximate surface area is 425 Å². The first-order valence-electron chi connectivity index (χ1n) is 23.5. The first kappa shape index (κ1) is 50.8. The van der Waals surface area contributed by atoms with Crippen LogP contribution >= 0.6 is 57.8 Å². The van der Waals surface area contributed by atoms with Gasteiger partial charge in [-0.1, -0.05) is 63.9 Å². The monoisotopic (exact) mass is 1030 g/mol. The Morgan fingerprint density at radius 2 is 1.49 bits per heavy atom. The van der Waals surface area contributed by atoms with Gasteiger partial charge < -0.3 is 30.1 Å². The van der Waals surface area contributed by atoms with E-state index in [1.54, 1.807) is 34.2 Å². The standard InChI is InChI=1S/C50H59ClN8O6S4/c1-7-20-65-28-58-18-8-16-56(26-31(58)4)47(64)38-23-36(21-29(2)33(38)6)66-48-40(53-50(69-48)55-45(62)35-12-13-35)14-15-42(60)59-19-9-17-57(27-32(59)5)46(63)37-24-41(39(51)22-30(37)3)67-43-25-52-49(68-43)54-44(61)34-10-11-34/h7,14-15,21-25,31-32,34-35H,1,8-13,16-20,26-28H2,2-6H3,(H,52,54,61)(H,53,55,62)/b15-14+/t31-,32-/m1/s1. The molecule has 2 saturated carbocycles. The number of hydrogen-bond acceptors (Lipinski definition) is 13. The van der Waals surface area contributed by atoms with Crippen LogP contribution in [0.25, 0.3) is 6.08 Å². The predicted octanol–water partition coefficient (Wildman–Crippen LogP) is 9.65. The molecule has 4 aliphatic rings. The molecule has 2 saturated heterocycles. The van der Waals surface area contributed by atoms with Gasteiger partial charge in [-0.3, -0.25) is 28.9 Å². The van der Waals surface area contributed by atoms with Crippen molar-refractivity contribution >= 4 is 104 Å². The molecule has 2 aromatic heterocycles. The van der Waals surface area contributed by atoms with E-state index in [1.165, 1.54) is 52.3 Å². The molecular formula is C50H59ClN8O6S4. The fourth-order valence-corrected chi connectivity index (χ4v) is 12.8. The van der Waals surface area contributed by atoms with Gasteiger partial charge >= 0.3 is 0 Å². The Morgan fingerprint density at radius 1 is 0.826 bits per heavy atom. The van der Waals surface area contributed by atoms with E-state index in [0.29, 0.717) is 89.5 Å². The van der Waals surface area contributed by atoms with Crippen LogP contribution in [0.2, 0.25) is 5.02 Å². The number of thiazole rings is 2. The molecule has 2 N–H and O–H groups in total. The van der Waals surface area contributed by atoms with Crippen molar-refractivity contribution < 1.29 is 28.7 Å². The maximum atomic E-state index is 14.3. The molecule has 14 nitrogen and oxygen atoms in total. The van der Waals surface area contributed by atoms with Crippen molar-refractivity contribution in [2.24, 2.45) is 11.8 Å². The summed E-state index contributed by atoms with van der Waals surface area (Å²) in [6, 6.07) is 7.46. The second-order valence-corrected chi connectivity index (χ2v) is 23.4. The average Bonchev–Trinajstić information content (AvgIpc) is 4.26. The number of ether oxygens (including phenoxy) is 1. The van der Waals surface area contributed by atoms with Crippen LogP contribution in [-0.2, 0) is 19.1 Å². The van der Waals surface area contributed by atoms with E-state index in [1.807, 2.05) is 44.7 Å². The highest BCUT2D eigenvalue weighted by Crippen LogP contribution is 2.42. The highest BCUT2D eigenvalue weighted by atomic mass is 35.5. The number of anilines is 2. The van der Waals surface area contributed by atoms with Crippen molar-refractivity contribution in [2.45, 2.75) is 103 Å². The summed E-state index contributed by atoms with van der Waals surface area (Å²) >= 11 is 12.3. The Morgan fingerprint density at radius 3 is 2.19 bits per heavy atom. The minimum absolute atomic E-state index is 0.00552. The zero-order valence-corrected chi connectivity index (χ0v) is 43.7. The topological polar surface area (TPSA) is 157 Å². The zero-order valence-electron chi connectivity index (χ0n) is 39.7. The highest BCUT2D eigenvalue weighted by Gasteiger charge is 2.33. The number of amides is 5. The normalized spacial score (nSPS) is 19.1. The second-order valence-electron chi connectivity index (χ2n) is 18.3. The van der Waals surface area contributed by atoms with Crippen molar-refractivity contribution in [3.05, 3.63) is 87.7 Å². The number of carbonyl (C=O) groups excluding carboxylic acids is 5. The molecule has 2 aliphatic heterocycles. The maximum Gasteiger partial charge on any atom is 0.254 e. The van der Waals surface area contributed by atoms with Gasteiger partial charge in [0.25, 0.3) is 11.8 Å². The Balaban J connectivity index is 0.949. The summed E-state index contributed by atoms with van der Waals surface area (Å²) in [6.45, 7) is 18.0. The van der Waals surface area contributed by atoms with Crippen molar-refractivity contribution in [3.63, 3.8) is 0 Å². The van der Waals surface area contributed by atoms with Crippen LogP contribution in [0.15, 0.2) is 67.4 Å². The third-order valence-corrected chi connectivity index (χ3v) is 17.5. The van der Waals surface area contributed by atoms with E-state index < -0.39 is 0 Å².